The van der Waals surface area contributed by atoms with Crippen molar-refractivity contribution in [2.45, 2.75) is 90.4 Å². The summed E-state index contributed by atoms with van der Waals surface area (Å²) in [6, 6.07) is 4.19. The molecule has 0 aliphatic heterocycles. The third-order valence-corrected chi connectivity index (χ3v) is 7.97. The normalized spacial score (nSPS) is 35.1. The molecule has 3 aliphatic carbocycles. The standard InChI is InChI=1S/C24H35F/c1-3-16-5-7-19-13-21(10-9-18(19)11-16)23-14-20-8-6-17(4-2)12-22(20)15-24(23)25/h14-19,21H,3-13H2,1-2H3. The summed E-state index contributed by atoms with van der Waals surface area (Å²) in [4.78, 5) is 0. The van der Waals surface area contributed by atoms with Crippen LogP contribution in [0.5, 0.6) is 0 Å². The number of hydrogen-bond donors (Lipinski definition) is 0. The molecule has 1 aromatic carbocycles. The molecule has 5 unspecified atom stereocenters. The minimum atomic E-state index is 0.0983. The van der Waals surface area contributed by atoms with Crippen LogP contribution in [0.15, 0.2) is 12.1 Å². The fourth-order valence-electron chi connectivity index (χ4n) is 6.17. The van der Waals surface area contributed by atoms with Crippen LogP contribution >= 0.6 is 0 Å². The monoisotopic (exact) mass is 342 g/mol. The highest BCUT2D eigenvalue weighted by atomic mass is 19.1. The van der Waals surface area contributed by atoms with E-state index in [1.54, 1.807) is 0 Å². The van der Waals surface area contributed by atoms with Crippen molar-refractivity contribution in [1.29, 1.82) is 0 Å². The minimum Gasteiger partial charge on any atom is -0.207 e. The van der Waals surface area contributed by atoms with Gasteiger partial charge in [-0.3, -0.25) is 0 Å². The maximum absolute atomic E-state index is 14.9. The Kier molecular flexibility index (Phi) is 5.20. The summed E-state index contributed by atoms with van der Waals surface area (Å²) in [5, 5.41) is 0. The van der Waals surface area contributed by atoms with Gasteiger partial charge in [-0.2, -0.15) is 0 Å². The number of rotatable bonds is 3. The van der Waals surface area contributed by atoms with Crippen molar-refractivity contribution in [3.63, 3.8) is 0 Å². The topological polar surface area (TPSA) is 0 Å². The van der Waals surface area contributed by atoms with Gasteiger partial charge in [0.2, 0.25) is 0 Å². The van der Waals surface area contributed by atoms with Gasteiger partial charge in [-0.15, -0.1) is 0 Å². The molecular weight excluding hydrogens is 307 g/mol. The minimum absolute atomic E-state index is 0.0983. The lowest BCUT2D eigenvalue weighted by atomic mass is 9.63. The first-order chi connectivity index (χ1) is 12.2. The Morgan fingerprint density at radius 1 is 0.840 bits per heavy atom. The zero-order valence-electron chi connectivity index (χ0n) is 16.2. The zero-order chi connectivity index (χ0) is 17.4. The van der Waals surface area contributed by atoms with Crippen LogP contribution < -0.4 is 0 Å². The molecule has 1 aromatic rings. The highest BCUT2D eigenvalue weighted by Crippen LogP contribution is 2.48. The number of fused-ring (bicyclic) bond motifs is 2. The fourth-order valence-corrected chi connectivity index (χ4v) is 6.17. The summed E-state index contributed by atoms with van der Waals surface area (Å²) < 4.78 is 14.9. The van der Waals surface area contributed by atoms with E-state index in [2.05, 4.69) is 19.9 Å². The van der Waals surface area contributed by atoms with Crippen LogP contribution in [-0.2, 0) is 12.8 Å². The molecule has 0 spiro atoms. The number of hydrogen-bond acceptors (Lipinski definition) is 0. The van der Waals surface area contributed by atoms with E-state index >= 15 is 0 Å². The third-order valence-electron chi connectivity index (χ3n) is 7.97. The molecule has 0 heterocycles. The van der Waals surface area contributed by atoms with Gasteiger partial charge in [-0.1, -0.05) is 39.2 Å². The van der Waals surface area contributed by atoms with Crippen LogP contribution in [0.4, 0.5) is 4.39 Å². The van der Waals surface area contributed by atoms with Gasteiger partial charge in [0.25, 0.3) is 0 Å². The average Bonchev–Trinajstić information content (AvgIpc) is 2.66. The molecule has 0 amide bonds. The first kappa shape index (κ1) is 17.6. The van der Waals surface area contributed by atoms with E-state index in [1.807, 2.05) is 6.07 Å². The van der Waals surface area contributed by atoms with E-state index in [4.69, 9.17) is 0 Å². The molecule has 0 N–H and O–H groups in total. The van der Waals surface area contributed by atoms with Crippen molar-refractivity contribution in [1.82, 2.24) is 0 Å². The lowest BCUT2D eigenvalue weighted by molar-refractivity contribution is 0.115. The molecule has 3 aliphatic rings. The zero-order valence-corrected chi connectivity index (χ0v) is 16.2. The molecule has 138 valence electrons. The average molecular weight is 343 g/mol. The number of halogens is 1. The van der Waals surface area contributed by atoms with Crippen LogP contribution in [0.3, 0.4) is 0 Å². The van der Waals surface area contributed by atoms with E-state index in [0.29, 0.717) is 5.92 Å². The largest absolute Gasteiger partial charge is 0.207 e. The van der Waals surface area contributed by atoms with E-state index < -0.39 is 0 Å². The predicted molar refractivity (Wildman–Crippen MR) is 103 cm³/mol. The SMILES string of the molecule is CCC1CCc2cc(C3CCC4CC(CC)CCC4C3)c(F)cc2C1. The quantitative estimate of drug-likeness (QED) is 0.552. The van der Waals surface area contributed by atoms with E-state index in [1.165, 1.54) is 68.9 Å². The highest BCUT2D eigenvalue weighted by molar-refractivity contribution is 5.37. The van der Waals surface area contributed by atoms with Crippen LogP contribution in [0, 0.1) is 29.5 Å². The van der Waals surface area contributed by atoms with E-state index in [-0.39, 0.29) is 5.82 Å². The second-order valence-corrected chi connectivity index (χ2v) is 9.28. The Bertz CT molecular complexity index is 604. The maximum Gasteiger partial charge on any atom is 0.126 e. The maximum atomic E-state index is 14.9. The van der Waals surface area contributed by atoms with Gasteiger partial charge in [0.15, 0.2) is 0 Å². The molecule has 25 heavy (non-hydrogen) atoms. The van der Waals surface area contributed by atoms with Crippen molar-refractivity contribution in [2.24, 2.45) is 23.7 Å². The second kappa shape index (κ2) is 7.41. The summed E-state index contributed by atoms with van der Waals surface area (Å²) in [5.41, 5.74) is 3.82. The highest BCUT2D eigenvalue weighted by Gasteiger charge is 2.36. The Morgan fingerprint density at radius 3 is 2.40 bits per heavy atom. The second-order valence-electron chi connectivity index (χ2n) is 9.28. The van der Waals surface area contributed by atoms with Gasteiger partial charge in [0.05, 0.1) is 0 Å². The van der Waals surface area contributed by atoms with Gasteiger partial charge in [0, 0.05) is 0 Å². The van der Waals surface area contributed by atoms with Crippen LogP contribution in [-0.4, -0.2) is 0 Å². The lowest BCUT2D eigenvalue weighted by Gasteiger charge is -2.42. The van der Waals surface area contributed by atoms with E-state index in [0.717, 1.165) is 42.1 Å². The van der Waals surface area contributed by atoms with E-state index in [9.17, 15) is 4.39 Å². The molecule has 1 heteroatoms. The molecule has 4 rings (SSSR count). The summed E-state index contributed by atoms with van der Waals surface area (Å²) in [7, 11) is 0. The van der Waals surface area contributed by atoms with Crippen molar-refractivity contribution < 1.29 is 4.39 Å². The first-order valence-corrected chi connectivity index (χ1v) is 11.0. The Morgan fingerprint density at radius 2 is 1.60 bits per heavy atom. The van der Waals surface area contributed by atoms with Crippen molar-refractivity contribution in [3.05, 3.63) is 34.6 Å². The summed E-state index contributed by atoms with van der Waals surface area (Å²) in [5.74, 6) is 4.10. The summed E-state index contributed by atoms with van der Waals surface area (Å²) >= 11 is 0. The smallest absolute Gasteiger partial charge is 0.126 e. The third kappa shape index (κ3) is 3.53. The Balaban J connectivity index is 1.49. The van der Waals surface area contributed by atoms with Crippen molar-refractivity contribution in [3.8, 4) is 0 Å². The molecule has 0 aromatic heterocycles. The Labute approximate surface area is 153 Å². The molecule has 0 bridgehead atoms. The van der Waals surface area contributed by atoms with Crippen molar-refractivity contribution in [2.75, 3.05) is 0 Å². The number of benzene rings is 1. The van der Waals surface area contributed by atoms with Crippen LogP contribution in [0.1, 0.15) is 94.2 Å². The lowest BCUT2D eigenvalue weighted by Crippen LogP contribution is -2.30. The Hall–Kier alpha value is -0.850. The van der Waals surface area contributed by atoms with Gasteiger partial charge < -0.3 is 0 Å². The molecular formula is C24H35F. The molecule has 2 saturated carbocycles. The summed E-state index contributed by atoms with van der Waals surface area (Å²) in [6.07, 6.45) is 14.2. The fraction of sp³-hybridized carbons (Fsp3) is 0.750. The molecule has 5 atom stereocenters. The van der Waals surface area contributed by atoms with Crippen molar-refractivity contribution >= 4 is 0 Å². The van der Waals surface area contributed by atoms with Gasteiger partial charge >= 0.3 is 0 Å². The summed E-state index contributed by atoms with van der Waals surface area (Å²) in [6.45, 7) is 4.62. The molecule has 0 saturated heterocycles. The van der Waals surface area contributed by atoms with Gasteiger partial charge in [-0.05, 0) is 104 Å². The van der Waals surface area contributed by atoms with Gasteiger partial charge in [-0.25, -0.2) is 4.39 Å². The van der Waals surface area contributed by atoms with Crippen LogP contribution in [0.2, 0.25) is 0 Å². The molecule has 2 fully saturated rings. The van der Waals surface area contributed by atoms with Crippen LogP contribution in [0.25, 0.3) is 0 Å². The van der Waals surface area contributed by atoms with Gasteiger partial charge in [0.1, 0.15) is 5.82 Å². The number of aryl methyl sites for hydroxylation is 1. The first-order valence-electron chi connectivity index (χ1n) is 11.0. The molecule has 0 radical (unpaired) electrons. The molecule has 0 nitrogen and oxygen atoms in total. The predicted octanol–water partition coefficient (Wildman–Crippen LogP) is 7.05.